The first-order valence-corrected chi connectivity index (χ1v) is 13.4. The van der Waals surface area contributed by atoms with Crippen LogP contribution in [-0.4, -0.2) is 47.9 Å². The Morgan fingerprint density at radius 3 is 2.53 bits per heavy atom. The number of anilines is 1. The number of sulfonamides is 1. The lowest BCUT2D eigenvalue weighted by Crippen LogP contribution is -2.47. The zero-order chi connectivity index (χ0) is 24.6. The van der Waals surface area contributed by atoms with E-state index >= 15 is 0 Å². The summed E-state index contributed by atoms with van der Waals surface area (Å²) in [6, 6.07) is 8.09. The molecular weight excluding hydrogens is 452 g/mol. The summed E-state index contributed by atoms with van der Waals surface area (Å²) < 4.78 is 32.9. The molecule has 0 bridgehead atoms. The van der Waals surface area contributed by atoms with E-state index in [0.717, 1.165) is 23.0 Å². The van der Waals surface area contributed by atoms with E-state index in [1.807, 2.05) is 29.3 Å². The molecule has 2 aromatic heterocycles. The SMILES string of the molecule is Cc1noc(C)c1S(=O)(=O)N1CCC(C(=O)N(c2ccc3[nH]ccc3c2)[C@@H](C)CC(C)C)CC1. The van der Waals surface area contributed by atoms with Gasteiger partial charge in [-0.25, -0.2) is 8.42 Å². The highest BCUT2D eigenvalue weighted by Gasteiger charge is 2.37. The Morgan fingerprint density at radius 2 is 1.91 bits per heavy atom. The number of aryl methyl sites for hydroxylation is 2. The van der Waals surface area contributed by atoms with Gasteiger partial charge in [-0.2, -0.15) is 4.31 Å². The predicted molar refractivity (Wildman–Crippen MR) is 132 cm³/mol. The summed E-state index contributed by atoms with van der Waals surface area (Å²) in [5.74, 6) is 0.581. The van der Waals surface area contributed by atoms with E-state index in [2.05, 4.69) is 37.0 Å². The van der Waals surface area contributed by atoms with Gasteiger partial charge in [-0.3, -0.25) is 4.79 Å². The molecule has 1 N–H and O–H groups in total. The van der Waals surface area contributed by atoms with Crippen LogP contribution >= 0.6 is 0 Å². The number of carbonyl (C=O) groups is 1. The summed E-state index contributed by atoms with van der Waals surface area (Å²) in [5.41, 5.74) is 2.28. The van der Waals surface area contributed by atoms with Gasteiger partial charge in [0, 0.05) is 47.8 Å². The molecule has 4 rings (SSSR count). The number of hydrogen-bond donors (Lipinski definition) is 1. The molecule has 1 atom stereocenters. The molecular formula is C25H34N4O4S. The Hall–Kier alpha value is -2.65. The van der Waals surface area contributed by atoms with Crippen molar-refractivity contribution in [3.63, 3.8) is 0 Å². The molecule has 1 aliphatic rings. The molecule has 1 aromatic carbocycles. The van der Waals surface area contributed by atoms with Crippen molar-refractivity contribution in [2.75, 3.05) is 18.0 Å². The van der Waals surface area contributed by atoms with Gasteiger partial charge in [-0.1, -0.05) is 19.0 Å². The van der Waals surface area contributed by atoms with Crippen LogP contribution in [0, 0.1) is 25.7 Å². The van der Waals surface area contributed by atoms with Crippen LogP contribution in [0.1, 0.15) is 51.5 Å². The third-order valence-electron chi connectivity index (χ3n) is 6.67. The minimum atomic E-state index is -3.70. The summed E-state index contributed by atoms with van der Waals surface area (Å²) in [6.45, 7) is 10.3. The second-order valence-electron chi connectivity index (χ2n) is 9.77. The van der Waals surface area contributed by atoms with Crippen LogP contribution < -0.4 is 4.90 Å². The lowest BCUT2D eigenvalue weighted by molar-refractivity contribution is -0.124. The van der Waals surface area contributed by atoms with Crippen molar-refractivity contribution in [3.8, 4) is 0 Å². The summed E-state index contributed by atoms with van der Waals surface area (Å²) in [6.07, 6.45) is 3.75. The highest BCUT2D eigenvalue weighted by molar-refractivity contribution is 7.89. The van der Waals surface area contributed by atoms with Crippen LogP contribution in [0.25, 0.3) is 10.9 Å². The molecule has 184 valence electrons. The number of nitrogens with zero attached hydrogens (tertiary/aromatic N) is 3. The third-order valence-corrected chi connectivity index (χ3v) is 8.82. The maximum absolute atomic E-state index is 13.8. The molecule has 3 heterocycles. The van der Waals surface area contributed by atoms with Crippen LogP contribution in [0.5, 0.6) is 0 Å². The molecule has 0 unspecified atom stereocenters. The number of amides is 1. The second-order valence-corrected chi connectivity index (χ2v) is 11.6. The number of aromatic nitrogens is 2. The number of aromatic amines is 1. The van der Waals surface area contributed by atoms with Crippen LogP contribution in [0.3, 0.4) is 0 Å². The van der Waals surface area contributed by atoms with Gasteiger partial charge in [-0.05, 0) is 70.2 Å². The largest absolute Gasteiger partial charge is 0.361 e. The van der Waals surface area contributed by atoms with Gasteiger partial charge < -0.3 is 14.4 Å². The number of carbonyl (C=O) groups excluding carboxylic acids is 1. The number of nitrogens with one attached hydrogen (secondary N) is 1. The van der Waals surface area contributed by atoms with Crippen molar-refractivity contribution >= 4 is 32.5 Å². The van der Waals surface area contributed by atoms with Crippen molar-refractivity contribution in [2.45, 2.75) is 64.8 Å². The summed E-state index contributed by atoms with van der Waals surface area (Å²) in [4.78, 5) is 19.1. The number of piperidine rings is 1. The van der Waals surface area contributed by atoms with E-state index in [1.54, 1.807) is 13.8 Å². The third kappa shape index (κ3) is 4.63. The maximum Gasteiger partial charge on any atom is 0.248 e. The van der Waals surface area contributed by atoms with Crippen molar-refractivity contribution in [1.29, 1.82) is 0 Å². The highest BCUT2D eigenvalue weighted by atomic mass is 32.2. The van der Waals surface area contributed by atoms with Crippen molar-refractivity contribution in [1.82, 2.24) is 14.4 Å². The Bertz CT molecular complexity index is 1250. The molecule has 0 saturated carbocycles. The van der Waals surface area contributed by atoms with E-state index in [9.17, 15) is 13.2 Å². The molecule has 9 heteroatoms. The van der Waals surface area contributed by atoms with Crippen LogP contribution in [0.15, 0.2) is 39.9 Å². The smallest absolute Gasteiger partial charge is 0.248 e. The van der Waals surface area contributed by atoms with E-state index in [0.29, 0.717) is 43.3 Å². The van der Waals surface area contributed by atoms with Crippen molar-refractivity contribution in [2.24, 2.45) is 11.8 Å². The number of rotatable bonds is 7. The first kappa shape index (κ1) is 24.5. The molecule has 1 saturated heterocycles. The molecule has 3 aromatic rings. The van der Waals surface area contributed by atoms with Gasteiger partial charge in [0.15, 0.2) is 5.76 Å². The standard InChI is InChI=1S/C25H34N4O4S/c1-16(2)14-17(3)29(22-6-7-23-21(15-22)8-11-26-23)25(30)20-9-12-28(13-10-20)34(31,32)24-18(4)27-33-19(24)5/h6-8,11,15-17,20,26H,9-10,12-14H2,1-5H3/t17-/m0/s1. The zero-order valence-corrected chi connectivity index (χ0v) is 21.4. The summed E-state index contributed by atoms with van der Waals surface area (Å²) in [5, 5.41) is 4.86. The number of benzene rings is 1. The Labute approximate surface area is 201 Å². The van der Waals surface area contributed by atoms with E-state index in [1.165, 1.54) is 4.31 Å². The Balaban J connectivity index is 1.54. The quantitative estimate of drug-likeness (QED) is 0.524. The molecule has 8 nitrogen and oxygen atoms in total. The van der Waals surface area contributed by atoms with Crippen LogP contribution in [-0.2, 0) is 14.8 Å². The number of hydrogen-bond acceptors (Lipinski definition) is 5. The summed E-state index contributed by atoms with van der Waals surface area (Å²) >= 11 is 0. The van der Waals surface area contributed by atoms with Gasteiger partial charge in [0.1, 0.15) is 10.6 Å². The van der Waals surface area contributed by atoms with Gasteiger partial charge >= 0.3 is 0 Å². The lowest BCUT2D eigenvalue weighted by Gasteiger charge is -2.37. The highest BCUT2D eigenvalue weighted by Crippen LogP contribution is 2.32. The molecule has 0 spiro atoms. The molecule has 0 radical (unpaired) electrons. The van der Waals surface area contributed by atoms with Crippen molar-refractivity contribution < 1.29 is 17.7 Å². The van der Waals surface area contributed by atoms with Crippen LogP contribution in [0.4, 0.5) is 5.69 Å². The van der Waals surface area contributed by atoms with Gasteiger partial charge in [0.25, 0.3) is 0 Å². The maximum atomic E-state index is 13.8. The fourth-order valence-electron chi connectivity index (χ4n) is 5.09. The predicted octanol–water partition coefficient (Wildman–Crippen LogP) is 4.64. The van der Waals surface area contributed by atoms with Crippen LogP contribution in [0.2, 0.25) is 0 Å². The Kier molecular flexibility index (Phi) is 6.87. The lowest BCUT2D eigenvalue weighted by atomic mass is 9.94. The Morgan fingerprint density at radius 1 is 1.21 bits per heavy atom. The number of fused-ring (bicyclic) bond motifs is 1. The topological polar surface area (TPSA) is 99.5 Å². The minimum Gasteiger partial charge on any atom is -0.361 e. The monoisotopic (exact) mass is 486 g/mol. The molecule has 34 heavy (non-hydrogen) atoms. The fraction of sp³-hybridized carbons (Fsp3) is 0.520. The van der Waals surface area contributed by atoms with E-state index in [4.69, 9.17) is 4.52 Å². The second kappa shape index (κ2) is 9.54. The summed E-state index contributed by atoms with van der Waals surface area (Å²) in [7, 11) is -3.70. The average Bonchev–Trinajstić information content (AvgIpc) is 3.39. The molecule has 1 aliphatic heterocycles. The molecule has 1 amide bonds. The van der Waals surface area contributed by atoms with Gasteiger partial charge in [0.05, 0.1) is 0 Å². The average molecular weight is 487 g/mol. The first-order chi connectivity index (χ1) is 16.1. The van der Waals surface area contributed by atoms with E-state index in [-0.39, 0.29) is 22.8 Å². The minimum absolute atomic E-state index is 0.0351. The van der Waals surface area contributed by atoms with E-state index < -0.39 is 10.0 Å². The van der Waals surface area contributed by atoms with Crippen molar-refractivity contribution in [3.05, 3.63) is 41.9 Å². The number of H-pyrrole nitrogens is 1. The zero-order valence-electron chi connectivity index (χ0n) is 20.5. The first-order valence-electron chi connectivity index (χ1n) is 11.9. The normalized spacial score (nSPS) is 16.9. The fourth-order valence-corrected chi connectivity index (χ4v) is 6.85. The molecule has 1 fully saturated rings. The van der Waals surface area contributed by atoms with Gasteiger partial charge in [-0.15, -0.1) is 0 Å². The van der Waals surface area contributed by atoms with Gasteiger partial charge in [0.2, 0.25) is 15.9 Å². The molecule has 0 aliphatic carbocycles.